The standard InChI is InChI=1S/C15H16ClNS/c1-10(11(2)17)9-14-7-8-15(18-14)12-3-5-13(16)6-4-12/h3-9,11H,17H2,1-2H3/b10-9+. The van der Waals surface area contributed by atoms with Crippen molar-refractivity contribution in [3.63, 3.8) is 0 Å². The van der Waals surface area contributed by atoms with E-state index < -0.39 is 0 Å². The molecule has 2 N–H and O–H groups in total. The minimum Gasteiger partial charge on any atom is -0.324 e. The molecule has 0 spiro atoms. The van der Waals surface area contributed by atoms with E-state index in [2.05, 4.69) is 25.1 Å². The van der Waals surface area contributed by atoms with Crippen molar-refractivity contribution in [2.45, 2.75) is 19.9 Å². The van der Waals surface area contributed by atoms with Gasteiger partial charge >= 0.3 is 0 Å². The van der Waals surface area contributed by atoms with Gasteiger partial charge in [0.15, 0.2) is 0 Å². The van der Waals surface area contributed by atoms with Gasteiger partial charge in [-0.1, -0.05) is 29.3 Å². The molecule has 1 unspecified atom stereocenters. The van der Waals surface area contributed by atoms with Crippen LogP contribution in [0.1, 0.15) is 18.7 Å². The minimum atomic E-state index is 0.103. The van der Waals surface area contributed by atoms with Crippen molar-refractivity contribution in [3.8, 4) is 10.4 Å². The number of halogens is 1. The zero-order valence-corrected chi connectivity index (χ0v) is 12.1. The molecule has 0 radical (unpaired) electrons. The van der Waals surface area contributed by atoms with E-state index in [4.69, 9.17) is 17.3 Å². The van der Waals surface area contributed by atoms with Gasteiger partial charge in [-0.3, -0.25) is 0 Å². The Morgan fingerprint density at radius 1 is 1.22 bits per heavy atom. The predicted octanol–water partition coefficient (Wildman–Crippen LogP) is 4.82. The third-order valence-electron chi connectivity index (χ3n) is 2.84. The molecule has 2 aromatic rings. The molecule has 0 saturated carbocycles. The molecule has 2 rings (SSSR count). The second-order valence-corrected chi connectivity index (χ2v) is 5.94. The fraction of sp³-hybridized carbons (Fsp3) is 0.200. The zero-order chi connectivity index (χ0) is 13.1. The van der Waals surface area contributed by atoms with Crippen LogP contribution in [-0.2, 0) is 0 Å². The molecule has 18 heavy (non-hydrogen) atoms. The maximum Gasteiger partial charge on any atom is 0.0406 e. The monoisotopic (exact) mass is 277 g/mol. The molecule has 0 amide bonds. The van der Waals surface area contributed by atoms with Gasteiger partial charge in [0, 0.05) is 20.8 Å². The lowest BCUT2D eigenvalue weighted by Crippen LogP contribution is -2.15. The number of hydrogen-bond acceptors (Lipinski definition) is 2. The van der Waals surface area contributed by atoms with E-state index in [1.54, 1.807) is 11.3 Å². The van der Waals surface area contributed by atoms with Gasteiger partial charge in [-0.05, 0) is 49.8 Å². The van der Waals surface area contributed by atoms with Crippen molar-refractivity contribution >= 4 is 29.0 Å². The number of hydrogen-bond donors (Lipinski definition) is 1. The zero-order valence-electron chi connectivity index (χ0n) is 10.5. The van der Waals surface area contributed by atoms with Gasteiger partial charge in [0.25, 0.3) is 0 Å². The van der Waals surface area contributed by atoms with Crippen LogP contribution >= 0.6 is 22.9 Å². The van der Waals surface area contributed by atoms with Crippen molar-refractivity contribution in [2.75, 3.05) is 0 Å². The van der Waals surface area contributed by atoms with Crippen molar-refractivity contribution in [1.29, 1.82) is 0 Å². The number of benzene rings is 1. The summed E-state index contributed by atoms with van der Waals surface area (Å²) in [5, 5.41) is 0.767. The number of nitrogens with two attached hydrogens (primary N) is 1. The first-order valence-corrected chi connectivity index (χ1v) is 7.05. The molecule has 0 saturated heterocycles. The average Bonchev–Trinajstić information content (AvgIpc) is 2.78. The number of thiophene rings is 1. The summed E-state index contributed by atoms with van der Waals surface area (Å²) in [6, 6.07) is 12.3. The molecule has 1 nitrogen and oxygen atoms in total. The van der Waals surface area contributed by atoms with Gasteiger partial charge in [-0.15, -0.1) is 11.3 Å². The molecule has 1 aromatic heterocycles. The summed E-state index contributed by atoms with van der Waals surface area (Å²) in [6.45, 7) is 4.06. The molecule has 1 atom stereocenters. The molecule has 0 aliphatic rings. The second-order valence-electron chi connectivity index (χ2n) is 4.39. The van der Waals surface area contributed by atoms with Crippen LogP contribution < -0.4 is 5.73 Å². The summed E-state index contributed by atoms with van der Waals surface area (Å²) < 4.78 is 0. The largest absolute Gasteiger partial charge is 0.324 e. The number of rotatable bonds is 3. The van der Waals surface area contributed by atoms with Crippen molar-refractivity contribution < 1.29 is 0 Å². The molecular formula is C15H16ClNS. The molecule has 0 aliphatic carbocycles. The smallest absolute Gasteiger partial charge is 0.0406 e. The van der Waals surface area contributed by atoms with E-state index in [0.29, 0.717) is 0 Å². The summed E-state index contributed by atoms with van der Waals surface area (Å²) in [4.78, 5) is 2.48. The van der Waals surface area contributed by atoms with Crippen LogP contribution in [0.2, 0.25) is 5.02 Å². The van der Waals surface area contributed by atoms with Crippen molar-refractivity contribution in [1.82, 2.24) is 0 Å². The Bertz CT molecular complexity index is 552. The molecule has 0 aliphatic heterocycles. The third kappa shape index (κ3) is 3.22. The van der Waals surface area contributed by atoms with E-state index >= 15 is 0 Å². The maximum absolute atomic E-state index is 5.89. The van der Waals surface area contributed by atoms with Crippen LogP contribution in [0.15, 0.2) is 42.0 Å². The second kappa shape index (κ2) is 5.70. The van der Waals surface area contributed by atoms with E-state index in [1.165, 1.54) is 20.9 Å². The van der Waals surface area contributed by atoms with Crippen LogP contribution in [0.25, 0.3) is 16.5 Å². The quantitative estimate of drug-likeness (QED) is 0.855. The Morgan fingerprint density at radius 2 is 1.89 bits per heavy atom. The minimum absolute atomic E-state index is 0.103. The highest BCUT2D eigenvalue weighted by molar-refractivity contribution is 7.16. The topological polar surface area (TPSA) is 26.0 Å². The lowest BCUT2D eigenvalue weighted by molar-refractivity contribution is 0.868. The van der Waals surface area contributed by atoms with Crippen LogP contribution in [-0.4, -0.2) is 6.04 Å². The fourth-order valence-corrected chi connectivity index (χ4v) is 2.71. The van der Waals surface area contributed by atoms with Gasteiger partial charge in [0.1, 0.15) is 0 Å². The Morgan fingerprint density at radius 3 is 2.50 bits per heavy atom. The van der Waals surface area contributed by atoms with Crippen molar-refractivity contribution in [3.05, 3.63) is 51.9 Å². The summed E-state index contributed by atoms with van der Waals surface area (Å²) in [5.41, 5.74) is 8.23. The first-order chi connectivity index (χ1) is 8.56. The van der Waals surface area contributed by atoms with Gasteiger partial charge < -0.3 is 5.73 Å². The van der Waals surface area contributed by atoms with E-state index in [1.807, 2.05) is 31.2 Å². The lowest BCUT2D eigenvalue weighted by atomic mass is 10.1. The van der Waals surface area contributed by atoms with Crippen LogP contribution in [0.3, 0.4) is 0 Å². The lowest BCUT2D eigenvalue weighted by Gasteiger charge is -2.03. The van der Waals surface area contributed by atoms with Gasteiger partial charge in [-0.25, -0.2) is 0 Å². The summed E-state index contributed by atoms with van der Waals surface area (Å²) >= 11 is 7.65. The van der Waals surface area contributed by atoms with Crippen LogP contribution in [0.5, 0.6) is 0 Å². The Labute approximate surface area is 117 Å². The first kappa shape index (κ1) is 13.3. The van der Waals surface area contributed by atoms with Gasteiger partial charge in [-0.2, -0.15) is 0 Å². The maximum atomic E-state index is 5.89. The van der Waals surface area contributed by atoms with E-state index in [-0.39, 0.29) is 6.04 Å². The van der Waals surface area contributed by atoms with E-state index in [0.717, 1.165) is 5.02 Å². The average molecular weight is 278 g/mol. The molecule has 0 fully saturated rings. The molecule has 0 bridgehead atoms. The normalized spacial score (nSPS) is 13.7. The first-order valence-electron chi connectivity index (χ1n) is 5.86. The molecule has 1 aromatic carbocycles. The molecule has 1 heterocycles. The van der Waals surface area contributed by atoms with Crippen LogP contribution in [0, 0.1) is 0 Å². The highest BCUT2D eigenvalue weighted by Gasteiger charge is 2.03. The molecular weight excluding hydrogens is 262 g/mol. The van der Waals surface area contributed by atoms with Crippen molar-refractivity contribution in [2.24, 2.45) is 5.73 Å². The predicted molar refractivity (Wildman–Crippen MR) is 82.1 cm³/mol. The van der Waals surface area contributed by atoms with E-state index in [9.17, 15) is 0 Å². The Hall–Kier alpha value is -1.09. The Balaban J connectivity index is 2.25. The molecule has 94 valence electrons. The van der Waals surface area contributed by atoms with Crippen LogP contribution in [0.4, 0.5) is 0 Å². The summed E-state index contributed by atoms with van der Waals surface area (Å²) in [5.74, 6) is 0. The summed E-state index contributed by atoms with van der Waals surface area (Å²) in [7, 11) is 0. The summed E-state index contributed by atoms with van der Waals surface area (Å²) in [6.07, 6.45) is 2.15. The third-order valence-corrected chi connectivity index (χ3v) is 4.18. The fourth-order valence-electron chi connectivity index (χ4n) is 1.56. The highest BCUT2D eigenvalue weighted by Crippen LogP contribution is 2.30. The Kier molecular flexibility index (Phi) is 4.23. The highest BCUT2D eigenvalue weighted by atomic mass is 35.5. The SMILES string of the molecule is C/C(=C\c1ccc(-c2ccc(Cl)cc2)s1)C(C)N. The van der Waals surface area contributed by atoms with Gasteiger partial charge in [0.2, 0.25) is 0 Å². The van der Waals surface area contributed by atoms with Gasteiger partial charge in [0.05, 0.1) is 0 Å². The molecule has 3 heteroatoms.